The van der Waals surface area contributed by atoms with E-state index in [9.17, 15) is 22.8 Å². The second kappa shape index (κ2) is 7.94. The van der Waals surface area contributed by atoms with Gasteiger partial charge in [0, 0.05) is 19.0 Å². The molecule has 1 amide bonds. The zero-order chi connectivity index (χ0) is 19.5. The first-order valence-corrected chi connectivity index (χ1v) is 8.08. The number of hydrogen-bond donors (Lipinski definition) is 1. The minimum Gasteiger partial charge on any atom is -0.480 e. The maximum Gasteiger partial charge on any atom is 0.573 e. The summed E-state index contributed by atoms with van der Waals surface area (Å²) >= 11 is 0. The highest BCUT2D eigenvalue weighted by atomic mass is 19.4. The van der Waals surface area contributed by atoms with Crippen LogP contribution in [0.1, 0.15) is 17.9 Å². The molecule has 0 saturated heterocycles. The van der Waals surface area contributed by atoms with Gasteiger partial charge in [0.15, 0.2) is 0 Å². The lowest BCUT2D eigenvalue weighted by atomic mass is 10.1. The number of hydrogen-bond acceptors (Lipinski definition) is 4. The number of ether oxygens (including phenoxy) is 1. The number of nitrogens with zero attached hydrogens (tertiary/aromatic N) is 2. The van der Waals surface area contributed by atoms with Gasteiger partial charge in [0.2, 0.25) is 5.91 Å². The Morgan fingerprint density at radius 3 is 2.46 bits per heavy atom. The van der Waals surface area contributed by atoms with Crippen molar-refractivity contribution in [1.82, 2.24) is 9.80 Å². The number of halogens is 3. The molecule has 0 aromatic heterocycles. The Balaban J connectivity index is 2.10. The third-order valence-corrected chi connectivity index (χ3v) is 4.11. The van der Waals surface area contributed by atoms with Crippen LogP contribution in [-0.4, -0.2) is 66.9 Å². The van der Waals surface area contributed by atoms with Crippen LogP contribution in [0, 0.1) is 5.92 Å². The predicted octanol–water partition coefficient (Wildman–Crippen LogP) is 2.16. The van der Waals surface area contributed by atoms with Gasteiger partial charge in [-0.1, -0.05) is 18.2 Å². The van der Waals surface area contributed by atoms with Crippen LogP contribution in [0.5, 0.6) is 5.75 Å². The van der Waals surface area contributed by atoms with E-state index in [1.54, 1.807) is 20.2 Å². The van der Waals surface area contributed by atoms with Crippen LogP contribution in [0.2, 0.25) is 0 Å². The molecule has 1 saturated carbocycles. The van der Waals surface area contributed by atoms with Gasteiger partial charge in [-0.15, -0.1) is 13.2 Å². The number of carboxylic acid groups (broad SMARTS) is 1. The molecule has 1 aromatic carbocycles. The topological polar surface area (TPSA) is 70.1 Å². The lowest BCUT2D eigenvalue weighted by Gasteiger charge is -2.23. The number of carboxylic acids is 1. The van der Waals surface area contributed by atoms with Crippen molar-refractivity contribution in [3.05, 3.63) is 29.8 Å². The number of para-hydroxylation sites is 1. The highest BCUT2D eigenvalue weighted by Gasteiger charge is 2.48. The quantitative estimate of drug-likeness (QED) is 0.755. The van der Waals surface area contributed by atoms with Crippen LogP contribution >= 0.6 is 0 Å². The minimum absolute atomic E-state index is 0.238. The molecular weight excluding hydrogens is 353 g/mol. The van der Waals surface area contributed by atoms with Gasteiger partial charge in [0.05, 0.1) is 0 Å². The van der Waals surface area contributed by atoms with Gasteiger partial charge in [-0.3, -0.25) is 9.59 Å². The van der Waals surface area contributed by atoms with Gasteiger partial charge in [-0.2, -0.15) is 0 Å². The summed E-state index contributed by atoms with van der Waals surface area (Å²) in [5.74, 6) is -2.75. The largest absolute Gasteiger partial charge is 0.573 e. The first-order valence-electron chi connectivity index (χ1n) is 8.08. The summed E-state index contributed by atoms with van der Waals surface area (Å²) in [5, 5.41) is 9.00. The van der Waals surface area contributed by atoms with Gasteiger partial charge in [0.1, 0.15) is 12.3 Å². The Morgan fingerprint density at radius 1 is 1.23 bits per heavy atom. The second-order valence-corrected chi connectivity index (χ2v) is 6.49. The number of aliphatic carboxylic acids is 1. The fourth-order valence-corrected chi connectivity index (χ4v) is 2.80. The lowest BCUT2D eigenvalue weighted by Crippen LogP contribution is -2.41. The average Bonchev–Trinajstić information content (AvgIpc) is 3.29. The Morgan fingerprint density at radius 2 is 1.88 bits per heavy atom. The summed E-state index contributed by atoms with van der Waals surface area (Å²) in [6, 6.07) is 5.72. The molecule has 2 atom stereocenters. The van der Waals surface area contributed by atoms with E-state index in [0.717, 1.165) is 0 Å². The summed E-state index contributed by atoms with van der Waals surface area (Å²) in [6.45, 7) is 0.294. The summed E-state index contributed by atoms with van der Waals surface area (Å²) in [6.07, 6.45) is -4.44. The molecule has 0 bridgehead atoms. The maximum absolute atomic E-state index is 12.6. The molecule has 0 aliphatic heterocycles. The fraction of sp³-hybridized carbons (Fsp3) is 0.529. The van der Waals surface area contributed by atoms with E-state index >= 15 is 0 Å². The predicted molar refractivity (Wildman–Crippen MR) is 86.7 cm³/mol. The second-order valence-electron chi connectivity index (χ2n) is 6.49. The van der Waals surface area contributed by atoms with Crippen molar-refractivity contribution in [3.8, 4) is 5.75 Å². The lowest BCUT2D eigenvalue weighted by molar-refractivity contribution is -0.274. The average molecular weight is 374 g/mol. The van der Waals surface area contributed by atoms with Crippen molar-refractivity contribution in [2.45, 2.75) is 18.7 Å². The van der Waals surface area contributed by atoms with Crippen LogP contribution in [0.4, 0.5) is 13.2 Å². The molecule has 1 aliphatic carbocycles. The van der Waals surface area contributed by atoms with Crippen molar-refractivity contribution in [1.29, 1.82) is 0 Å². The smallest absolute Gasteiger partial charge is 0.480 e. The van der Waals surface area contributed by atoms with E-state index in [1.165, 1.54) is 23.1 Å². The van der Waals surface area contributed by atoms with Crippen molar-refractivity contribution in [2.75, 3.05) is 33.7 Å². The number of alkyl halides is 3. The summed E-state index contributed by atoms with van der Waals surface area (Å²) < 4.78 is 41.7. The Hall–Kier alpha value is -2.29. The molecule has 1 aliphatic rings. The molecule has 0 spiro atoms. The van der Waals surface area contributed by atoms with Gasteiger partial charge in [0.25, 0.3) is 0 Å². The first kappa shape index (κ1) is 20.0. The van der Waals surface area contributed by atoms with Crippen LogP contribution < -0.4 is 4.74 Å². The van der Waals surface area contributed by atoms with E-state index in [2.05, 4.69) is 4.74 Å². The number of amides is 1. The Kier molecular flexibility index (Phi) is 6.12. The van der Waals surface area contributed by atoms with Gasteiger partial charge < -0.3 is 19.6 Å². The van der Waals surface area contributed by atoms with Crippen molar-refractivity contribution in [2.24, 2.45) is 5.92 Å². The third kappa shape index (κ3) is 5.62. The molecule has 2 rings (SSSR count). The normalized spacial score (nSPS) is 19.3. The van der Waals surface area contributed by atoms with E-state index in [-0.39, 0.29) is 18.2 Å². The van der Waals surface area contributed by atoms with Crippen LogP contribution in [0.3, 0.4) is 0 Å². The maximum atomic E-state index is 12.6. The molecule has 1 N–H and O–H groups in total. The molecule has 6 nitrogen and oxygen atoms in total. The van der Waals surface area contributed by atoms with E-state index in [4.69, 9.17) is 5.11 Å². The Labute approximate surface area is 149 Å². The fourth-order valence-electron chi connectivity index (χ4n) is 2.80. The number of benzene rings is 1. The molecule has 1 aromatic rings. The van der Waals surface area contributed by atoms with E-state index in [1.807, 2.05) is 4.90 Å². The SMILES string of the molecule is CN(C)CCN(CC(=O)O)C(=O)[C@H]1C[C@@H]1c1ccccc1OC(F)(F)F. The summed E-state index contributed by atoms with van der Waals surface area (Å²) in [7, 11) is 3.60. The van der Waals surface area contributed by atoms with Crippen LogP contribution in [0.25, 0.3) is 0 Å². The van der Waals surface area contributed by atoms with Crippen molar-refractivity contribution >= 4 is 11.9 Å². The van der Waals surface area contributed by atoms with Crippen molar-refractivity contribution < 1.29 is 32.6 Å². The first-order chi connectivity index (χ1) is 12.1. The molecular formula is C17H21F3N2O4. The molecule has 0 heterocycles. The zero-order valence-corrected chi connectivity index (χ0v) is 14.5. The van der Waals surface area contributed by atoms with Gasteiger partial charge in [-0.25, -0.2) is 0 Å². The number of carbonyl (C=O) groups excluding carboxylic acids is 1. The van der Waals surface area contributed by atoms with Gasteiger partial charge in [-0.05, 0) is 38.1 Å². The Bertz CT molecular complexity index is 664. The summed E-state index contributed by atoms with van der Waals surface area (Å²) in [4.78, 5) is 26.7. The molecule has 1 fully saturated rings. The highest BCUT2D eigenvalue weighted by Crippen LogP contribution is 2.51. The third-order valence-electron chi connectivity index (χ3n) is 4.11. The minimum atomic E-state index is -4.81. The number of likely N-dealkylation sites (N-methyl/N-ethyl adjacent to an activating group) is 1. The van der Waals surface area contributed by atoms with E-state index < -0.39 is 30.7 Å². The molecule has 0 unspecified atom stereocenters. The summed E-state index contributed by atoms with van der Waals surface area (Å²) in [5.41, 5.74) is 0.311. The number of carbonyl (C=O) groups is 2. The zero-order valence-electron chi connectivity index (χ0n) is 14.5. The highest BCUT2D eigenvalue weighted by molar-refractivity contribution is 5.86. The molecule has 0 radical (unpaired) electrons. The molecule has 26 heavy (non-hydrogen) atoms. The molecule has 144 valence electrons. The van der Waals surface area contributed by atoms with Crippen LogP contribution in [-0.2, 0) is 9.59 Å². The van der Waals surface area contributed by atoms with E-state index in [0.29, 0.717) is 18.5 Å². The van der Waals surface area contributed by atoms with Crippen molar-refractivity contribution in [3.63, 3.8) is 0 Å². The van der Waals surface area contributed by atoms with Crippen LogP contribution in [0.15, 0.2) is 24.3 Å². The monoisotopic (exact) mass is 374 g/mol. The number of rotatable bonds is 8. The standard InChI is InChI=1S/C17H21F3N2O4/c1-21(2)7-8-22(10-15(23)24)16(25)13-9-12(13)11-5-3-4-6-14(11)26-17(18,19)20/h3-6,12-13H,7-10H2,1-2H3,(H,23,24)/t12-,13+/m1/s1. The molecule has 9 heteroatoms. The van der Waals surface area contributed by atoms with Gasteiger partial charge >= 0.3 is 12.3 Å².